The van der Waals surface area contributed by atoms with E-state index in [9.17, 15) is 4.79 Å². The van der Waals surface area contributed by atoms with Gasteiger partial charge in [-0.2, -0.15) is 0 Å². The van der Waals surface area contributed by atoms with Gasteiger partial charge >= 0.3 is 0 Å². The smallest absolute Gasteiger partial charge is 0.220 e. The summed E-state index contributed by atoms with van der Waals surface area (Å²) >= 11 is 0. The molecule has 1 aromatic carbocycles. The molecule has 0 fully saturated rings. The fourth-order valence-corrected chi connectivity index (χ4v) is 2.81. The molecule has 1 atom stereocenters. The first-order chi connectivity index (χ1) is 9.22. The van der Waals surface area contributed by atoms with Gasteiger partial charge in [-0.15, -0.1) is 0 Å². The molecule has 1 aliphatic rings. The van der Waals surface area contributed by atoms with Gasteiger partial charge in [-0.3, -0.25) is 4.79 Å². The van der Waals surface area contributed by atoms with Gasteiger partial charge in [0.2, 0.25) is 5.91 Å². The van der Waals surface area contributed by atoms with E-state index in [1.165, 1.54) is 11.1 Å². The van der Waals surface area contributed by atoms with Crippen LogP contribution in [0.25, 0.3) is 0 Å². The van der Waals surface area contributed by atoms with Crippen LogP contribution in [0.2, 0.25) is 0 Å². The van der Waals surface area contributed by atoms with Gasteiger partial charge in [-0.1, -0.05) is 31.2 Å². The van der Waals surface area contributed by atoms with Crippen LogP contribution in [-0.2, 0) is 22.4 Å². The van der Waals surface area contributed by atoms with E-state index in [2.05, 4.69) is 36.5 Å². The highest BCUT2D eigenvalue weighted by Crippen LogP contribution is 2.28. The largest absolute Gasteiger partial charge is 0.383 e. The maximum atomic E-state index is 12.0. The summed E-state index contributed by atoms with van der Waals surface area (Å²) in [5.41, 5.74) is 2.81. The summed E-state index contributed by atoms with van der Waals surface area (Å²) in [6.07, 6.45) is 3.59. The van der Waals surface area contributed by atoms with E-state index in [0.717, 1.165) is 19.3 Å². The molecule has 0 saturated carbocycles. The lowest BCUT2D eigenvalue weighted by Crippen LogP contribution is -2.38. The summed E-state index contributed by atoms with van der Waals surface area (Å²) in [6, 6.07) is 8.64. The lowest BCUT2D eigenvalue weighted by Gasteiger charge is -2.17. The second kappa shape index (κ2) is 6.71. The van der Waals surface area contributed by atoms with E-state index in [1.54, 1.807) is 7.11 Å². The number of methoxy groups -OCH3 is 1. The number of amides is 1. The normalized spacial score (nSPS) is 16.1. The third-order valence-corrected chi connectivity index (χ3v) is 3.84. The van der Waals surface area contributed by atoms with Crippen LogP contribution in [0, 0.1) is 5.92 Å². The molecule has 0 heterocycles. The predicted molar refractivity (Wildman–Crippen MR) is 76.1 cm³/mol. The van der Waals surface area contributed by atoms with E-state index < -0.39 is 0 Å². The molecule has 0 bridgehead atoms. The molecular weight excluding hydrogens is 238 g/mol. The molecule has 0 unspecified atom stereocenters. The maximum absolute atomic E-state index is 12.0. The van der Waals surface area contributed by atoms with Crippen molar-refractivity contribution in [1.82, 2.24) is 5.32 Å². The van der Waals surface area contributed by atoms with Crippen molar-refractivity contribution < 1.29 is 9.53 Å². The summed E-state index contributed by atoms with van der Waals surface area (Å²) in [5.74, 6) is 0.610. The molecule has 0 radical (unpaired) electrons. The van der Waals surface area contributed by atoms with Gasteiger partial charge in [0.05, 0.1) is 12.6 Å². The van der Waals surface area contributed by atoms with E-state index >= 15 is 0 Å². The minimum absolute atomic E-state index is 0.140. The number of hydrogen-bond donors (Lipinski definition) is 1. The van der Waals surface area contributed by atoms with Crippen molar-refractivity contribution in [3.8, 4) is 0 Å². The zero-order chi connectivity index (χ0) is 13.7. The van der Waals surface area contributed by atoms with Crippen LogP contribution in [0.1, 0.15) is 30.9 Å². The Morgan fingerprint density at radius 2 is 2.00 bits per heavy atom. The topological polar surface area (TPSA) is 38.3 Å². The quantitative estimate of drug-likeness (QED) is 0.853. The van der Waals surface area contributed by atoms with Crippen molar-refractivity contribution in [1.29, 1.82) is 0 Å². The number of benzene rings is 1. The van der Waals surface area contributed by atoms with Crippen molar-refractivity contribution in [3.05, 3.63) is 35.4 Å². The molecule has 1 aliphatic carbocycles. The van der Waals surface area contributed by atoms with Crippen LogP contribution in [0.4, 0.5) is 0 Å². The van der Waals surface area contributed by atoms with Crippen LogP contribution in [-0.4, -0.2) is 25.7 Å². The molecule has 0 spiro atoms. The molecule has 104 valence electrons. The lowest BCUT2D eigenvalue weighted by molar-refractivity contribution is -0.123. The van der Waals surface area contributed by atoms with E-state index in [0.29, 0.717) is 18.9 Å². The monoisotopic (exact) mass is 261 g/mol. The SMILES string of the molecule is CC[C@H](COC)NC(=O)CC1Cc2ccccc2C1. The number of carbonyl (C=O) groups is 1. The third-order valence-electron chi connectivity index (χ3n) is 3.84. The van der Waals surface area contributed by atoms with Crippen LogP contribution in [0.5, 0.6) is 0 Å². The van der Waals surface area contributed by atoms with Gasteiger partial charge in [0, 0.05) is 13.5 Å². The summed E-state index contributed by atoms with van der Waals surface area (Å²) in [7, 11) is 1.67. The Morgan fingerprint density at radius 1 is 1.37 bits per heavy atom. The zero-order valence-corrected chi connectivity index (χ0v) is 11.8. The van der Waals surface area contributed by atoms with Gasteiger partial charge in [-0.05, 0) is 36.3 Å². The summed E-state index contributed by atoms with van der Waals surface area (Å²) in [4.78, 5) is 12.0. The minimum atomic E-state index is 0.140. The molecule has 3 nitrogen and oxygen atoms in total. The van der Waals surface area contributed by atoms with Crippen molar-refractivity contribution in [2.75, 3.05) is 13.7 Å². The molecule has 1 N–H and O–H groups in total. The second-order valence-corrected chi connectivity index (χ2v) is 5.38. The van der Waals surface area contributed by atoms with Gasteiger partial charge in [0.1, 0.15) is 0 Å². The highest BCUT2D eigenvalue weighted by atomic mass is 16.5. The van der Waals surface area contributed by atoms with E-state index in [4.69, 9.17) is 4.74 Å². The Bertz CT molecular complexity index is 406. The number of carbonyl (C=O) groups excluding carboxylic acids is 1. The van der Waals surface area contributed by atoms with Gasteiger partial charge in [0.15, 0.2) is 0 Å². The molecule has 0 aliphatic heterocycles. The highest BCUT2D eigenvalue weighted by Gasteiger charge is 2.23. The predicted octanol–water partition coefficient (Wildman–Crippen LogP) is 2.33. The fraction of sp³-hybridized carbons (Fsp3) is 0.562. The highest BCUT2D eigenvalue weighted by molar-refractivity contribution is 5.76. The van der Waals surface area contributed by atoms with Crippen LogP contribution in [0.3, 0.4) is 0 Å². The van der Waals surface area contributed by atoms with Crippen LogP contribution < -0.4 is 5.32 Å². The summed E-state index contributed by atoms with van der Waals surface area (Å²) < 4.78 is 5.10. The Balaban J connectivity index is 1.81. The number of fused-ring (bicyclic) bond motifs is 1. The molecule has 2 rings (SSSR count). The molecule has 0 aromatic heterocycles. The lowest BCUT2D eigenvalue weighted by atomic mass is 10.0. The maximum Gasteiger partial charge on any atom is 0.220 e. The van der Waals surface area contributed by atoms with Gasteiger partial charge < -0.3 is 10.1 Å². The Hall–Kier alpha value is -1.35. The van der Waals surface area contributed by atoms with Crippen LogP contribution >= 0.6 is 0 Å². The molecule has 1 amide bonds. The molecule has 1 aromatic rings. The first-order valence-corrected chi connectivity index (χ1v) is 7.08. The molecular formula is C16H23NO2. The van der Waals surface area contributed by atoms with Gasteiger partial charge in [0.25, 0.3) is 0 Å². The van der Waals surface area contributed by atoms with Crippen molar-refractivity contribution in [2.45, 2.75) is 38.6 Å². The number of rotatable bonds is 6. The second-order valence-electron chi connectivity index (χ2n) is 5.38. The van der Waals surface area contributed by atoms with Crippen molar-refractivity contribution in [2.24, 2.45) is 5.92 Å². The summed E-state index contributed by atoms with van der Waals surface area (Å²) in [5, 5.41) is 3.06. The Morgan fingerprint density at radius 3 is 2.53 bits per heavy atom. The fourth-order valence-electron chi connectivity index (χ4n) is 2.81. The van der Waals surface area contributed by atoms with Crippen LogP contribution in [0.15, 0.2) is 24.3 Å². The van der Waals surface area contributed by atoms with Crippen molar-refractivity contribution in [3.63, 3.8) is 0 Å². The molecule has 0 saturated heterocycles. The van der Waals surface area contributed by atoms with Crippen molar-refractivity contribution >= 4 is 5.91 Å². The average Bonchev–Trinajstić information content (AvgIpc) is 2.80. The first-order valence-electron chi connectivity index (χ1n) is 7.08. The first kappa shape index (κ1) is 14.1. The summed E-state index contributed by atoms with van der Waals surface area (Å²) in [6.45, 7) is 2.66. The Labute approximate surface area is 115 Å². The third kappa shape index (κ3) is 3.80. The zero-order valence-electron chi connectivity index (χ0n) is 11.8. The Kier molecular flexibility index (Phi) is 4.97. The minimum Gasteiger partial charge on any atom is -0.383 e. The number of hydrogen-bond acceptors (Lipinski definition) is 2. The van der Waals surface area contributed by atoms with E-state index in [1.807, 2.05) is 0 Å². The van der Waals surface area contributed by atoms with Gasteiger partial charge in [-0.25, -0.2) is 0 Å². The average molecular weight is 261 g/mol. The van der Waals surface area contributed by atoms with E-state index in [-0.39, 0.29) is 11.9 Å². The molecule has 19 heavy (non-hydrogen) atoms. The standard InChI is InChI=1S/C16H23NO2/c1-3-15(11-19-2)17-16(18)10-12-8-13-6-4-5-7-14(13)9-12/h4-7,12,15H,3,8-11H2,1-2H3,(H,17,18)/t15-/m1/s1. The molecule has 3 heteroatoms. The number of nitrogens with one attached hydrogen (secondary N) is 1. The number of ether oxygens (including phenoxy) is 1.